The van der Waals surface area contributed by atoms with Crippen molar-refractivity contribution in [1.29, 1.82) is 0 Å². The average molecular weight is 659 g/mol. The van der Waals surface area contributed by atoms with Crippen LogP contribution in [0.2, 0.25) is 10.0 Å². The monoisotopic (exact) mass is 657 g/mol. The van der Waals surface area contributed by atoms with Gasteiger partial charge in [0.1, 0.15) is 11.5 Å². The van der Waals surface area contributed by atoms with E-state index in [-0.39, 0.29) is 0 Å². The van der Waals surface area contributed by atoms with Gasteiger partial charge in [-0.05, 0) is 85.6 Å². The number of halogens is 2. The van der Waals surface area contributed by atoms with Crippen molar-refractivity contribution in [2.75, 3.05) is 37.9 Å². The first-order valence-corrected chi connectivity index (χ1v) is 16.4. The lowest BCUT2D eigenvalue weighted by Crippen LogP contribution is -2.04. The molecule has 0 saturated carbocycles. The summed E-state index contributed by atoms with van der Waals surface area (Å²) in [5, 5.41) is 13.1. The van der Waals surface area contributed by atoms with E-state index in [2.05, 4.69) is 22.8 Å². The second-order valence-electron chi connectivity index (χ2n) is 11.4. The second-order valence-corrected chi connectivity index (χ2v) is 12.3. The highest BCUT2D eigenvalue weighted by atomic mass is 35.5. The fourth-order valence-electron chi connectivity index (χ4n) is 5.99. The highest BCUT2D eigenvalue weighted by molar-refractivity contribution is 6.32. The van der Waals surface area contributed by atoms with Crippen LogP contribution in [-0.2, 0) is 0 Å². The van der Waals surface area contributed by atoms with E-state index in [0.717, 1.165) is 92.4 Å². The van der Waals surface area contributed by atoms with Gasteiger partial charge < -0.3 is 20.1 Å². The average Bonchev–Trinajstić information content (AvgIpc) is 3.10. The van der Waals surface area contributed by atoms with E-state index in [4.69, 9.17) is 44.0 Å². The quantitative estimate of drug-likeness (QED) is 0.0897. The first-order valence-electron chi connectivity index (χ1n) is 16.7. The zero-order valence-electron chi connectivity index (χ0n) is 27.8. The minimum Gasteiger partial charge on any atom is -0.497 e. The molecule has 0 saturated heterocycles. The Morgan fingerprint density at radius 3 is 1.37 bits per heavy atom. The molecule has 6 nitrogen and oxygen atoms in total. The van der Waals surface area contributed by atoms with Gasteiger partial charge >= 0.3 is 0 Å². The van der Waals surface area contributed by atoms with Gasteiger partial charge in [0.05, 0.1) is 47.7 Å². The zero-order valence-corrected chi connectivity index (χ0v) is 28.3. The van der Waals surface area contributed by atoms with Crippen molar-refractivity contribution in [2.45, 2.75) is 52.3 Å². The Bertz CT molecular complexity index is 1830. The number of rotatable bonds is 14. The number of unbranched alkanes of at least 4 members (excludes halogenated alkanes) is 6. The highest BCUT2D eigenvalue weighted by Crippen LogP contribution is 2.35. The fourth-order valence-corrected chi connectivity index (χ4v) is 6.32. The third-order valence-electron chi connectivity index (χ3n) is 8.34. The molecule has 8 heteroatoms. The molecule has 6 aromatic rings. The zero-order chi connectivity index (χ0) is 33.2. The number of ether oxygens (including phenoxy) is 2. The van der Waals surface area contributed by atoms with Crippen LogP contribution in [0, 0.1) is 0 Å². The molecular formula is C38H42Cl2N4O2. The summed E-state index contributed by atoms with van der Waals surface area (Å²) in [6.07, 6.45) is 8.32. The third-order valence-corrected chi connectivity index (χ3v) is 8.81. The summed E-state index contributed by atoms with van der Waals surface area (Å²) in [4.78, 5) is 9.66. The number of fused-ring (bicyclic) bond motifs is 4. The lowest BCUT2D eigenvalue weighted by Gasteiger charge is -2.14. The van der Waals surface area contributed by atoms with Crippen molar-refractivity contribution in [3.8, 4) is 11.5 Å². The van der Waals surface area contributed by atoms with Gasteiger partial charge in [0.25, 0.3) is 0 Å². The molecule has 2 heterocycles. The van der Waals surface area contributed by atoms with E-state index in [0.29, 0.717) is 10.0 Å². The van der Waals surface area contributed by atoms with Crippen LogP contribution in [0.25, 0.3) is 43.6 Å². The molecule has 0 fully saturated rings. The molecule has 0 unspecified atom stereocenters. The molecular weight excluding hydrogens is 615 g/mol. The maximum atomic E-state index is 6.28. The van der Waals surface area contributed by atoms with E-state index in [1.807, 2.05) is 60.7 Å². The molecule has 0 radical (unpaired) electrons. The lowest BCUT2D eigenvalue weighted by molar-refractivity contribution is 0.415. The van der Waals surface area contributed by atoms with E-state index in [9.17, 15) is 0 Å². The third kappa shape index (κ3) is 7.51. The molecule has 6 rings (SSSR count). The summed E-state index contributed by atoms with van der Waals surface area (Å²) >= 11 is 12.6. The summed E-state index contributed by atoms with van der Waals surface area (Å²) < 4.78 is 16.7. The van der Waals surface area contributed by atoms with Gasteiger partial charge in [0.2, 0.25) is 0 Å². The molecule has 0 aliphatic rings. The van der Waals surface area contributed by atoms with Gasteiger partial charge in [-0.15, -0.1) is 0 Å². The Morgan fingerprint density at radius 1 is 0.543 bits per heavy atom. The number of benzene rings is 4. The first kappa shape index (κ1) is 32.0. The van der Waals surface area contributed by atoms with Crippen molar-refractivity contribution in [2.24, 2.45) is 0 Å². The van der Waals surface area contributed by atoms with Gasteiger partial charge in [-0.2, -0.15) is 0 Å². The first-order chi connectivity index (χ1) is 23.0. The number of hydrogen-bond acceptors (Lipinski definition) is 6. The van der Waals surface area contributed by atoms with E-state index in [1.165, 1.54) is 39.5 Å². The van der Waals surface area contributed by atoms with Crippen molar-refractivity contribution in [3.05, 3.63) is 82.8 Å². The van der Waals surface area contributed by atoms with E-state index in [1.54, 1.807) is 14.2 Å². The number of nitrogens with zero attached hydrogens (tertiary/aromatic N) is 2. The molecule has 0 aliphatic carbocycles. The van der Waals surface area contributed by atoms with Crippen molar-refractivity contribution < 1.29 is 10.8 Å². The maximum absolute atomic E-state index is 6.28. The molecule has 0 bridgehead atoms. The summed E-state index contributed by atoms with van der Waals surface area (Å²) in [5.41, 5.74) is 5.83. The second kappa shape index (κ2) is 15.5. The van der Waals surface area contributed by atoms with Crippen LogP contribution in [0.3, 0.4) is 0 Å². The Balaban J connectivity index is 0.00000213. The molecule has 0 atom stereocenters. The van der Waals surface area contributed by atoms with Crippen molar-refractivity contribution in [1.82, 2.24) is 9.97 Å². The summed E-state index contributed by atoms with van der Waals surface area (Å²) in [7, 11) is 4.63. The molecule has 240 valence electrons. The molecule has 46 heavy (non-hydrogen) atoms. The Morgan fingerprint density at radius 2 is 0.957 bits per heavy atom. The van der Waals surface area contributed by atoms with Crippen LogP contribution in [0.5, 0.6) is 11.5 Å². The summed E-state index contributed by atoms with van der Waals surface area (Å²) in [5.74, 6) is 1.65. The lowest BCUT2D eigenvalue weighted by atomic mass is 10.1. The summed E-state index contributed by atoms with van der Waals surface area (Å²) in [6.45, 7) is 1.81. The molecule has 0 spiro atoms. The number of nitrogens with one attached hydrogen (secondary N) is 2. The van der Waals surface area contributed by atoms with E-state index >= 15 is 0 Å². The Hall–Kier alpha value is -4.00. The highest BCUT2D eigenvalue weighted by Gasteiger charge is 2.12. The predicted octanol–water partition coefficient (Wildman–Crippen LogP) is 11.3. The van der Waals surface area contributed by atoms with Crippen LogP contribution in [0.4, 0.5) is 11.4 Å². The van der Waals surface area contributed by atoms with Crippen LogP contribution in [0.1, 0.15) is 53.7 Å². The fraction of sp³-hybridized carbons (Fsp3) is 0.316. The minimum absolute atomic E-state index is 0.690. The van der Waals surface area contributed by atoms with Crippen LogP contribution >= 0.6 is 23.2 Å². The van der Waals surface area contributed by atoms with Gasteiger partial charge in [-0.3, -0.25) is 0 Å². The number of methoxy groups -OCH3 is 2. The van der Waals surface area contributed by atoms with Gasteiger partial charge in [0.15, 0.2) is 0 Å². The number of hydrogen-bond donors (Lipinski definition) is 2. The Kier molecular flexibility index (Phi) is 10.8. The molecule has 2 N–H and O–H groups in total. The SMILES string of the molecule is COc1ccc2nc3cc(Cl)ccc3c(NCCCCCCCCCNc3c4ccc(Cl)cc4nc4ccc(OC)cc34)c2c1.[2H]C. The topological polar surface area (TPSA) is 68.3 Å². The van der Waals surface area contributed by atoms with Crippen LogP contribution in [-0.4, -0.2) is 37.3 Å². The Labute approximate surface area is 282 Å². The van der Waals surface area contributed by atoms with Crippen molar-refractivity contribution >= 4 is 78.2 Å². The minimum atomic E-state index is 0.690. The van der Waals surface area contributed by atoms with Gasteiger partial charge in [0, 0.05) is 46.1 Å². The normalized spacial score (nSPS) is 11.4. The number of pyridine rings is 2. The smallest absolute Gasteiger partial charge is 0.119 e. The van der Waals surface area contributed by atoms with Gasteiger partial charge in [-0.1, -0.05) is 62.7 Å². The predicted molar refractivity (Wildman–Crippen MR) is 198 cm³/mol. The van der Waals surface area contributed by atoms with Crippen molar-refractivity contribution in [3.63, 3.8) is 0 Å². The molecule has 2 aromatic heterocycles. The molecule has 4 aromatic carbocycles. The van der Waals surface area contributed by atoms with Crippen LogP contribution < -0.4 is 20.1 Å². The molecule has 0 amide bonds. The molecule has 0 aliphatic heterocycles. The maximum Gasteiger partial charge on any atom is 0.119 e. The summed E-state index contributed by atoms with van der Waals surface area (Å²) in [6, 6.07) is 23.8. The van der Waals surface area contributed by atoms with Gasteiger partial charge in [-0.25, -0.2) is 9.97 Å². The largest absolute Gasteiger partial charge is 0.497 e. The van der Waals surface area contributed by atoms with E-state index < -0.39 is 0 Å². The van der Waals surface area contributed by atoms with Crippen LogP contribution in [0.15, 0.2) is 72.8 Å². The standard InChI is InChI=1S/C37H38Cl2N4O2.CH4/c1-44-26-12-16-32-30(22-26)36(28-14-10-24(38)20-34(28)42-32)40-18-8-6-4-3-5-7-9-19-41-37-29-15-11-25(39)21-35(29)43-33-17-13-27(45-2)23-31(33)37;/h10-17,20-23H,3-9,18-19H2,1-2H3,(H,40,42)(H,41,43);1H4/i;1D. The number of aromatic nitrogens is 2. The number of anilines is 2.